The summed E-state index contributed by atoms with van der Waals surface area (Å²) in [7, 11) is 0. The minimum Gasteiger partial charge on any atom is -0.302 e. The third-order valence-corrected chi connectivity index (χ3v) is 1.81. The summed E-state index contributed by atoms with van der Waals surface area (Å²) in [5.74, 6) is 0. The zero-order valence-electron chi connectivity index (χ0n) is 3.76. The molecule has 40 valence electrons. The van der Waals surface area contributed by atoms with Gasteiger partial charge in [0, 0.05) is 4.91 Å². The number of hydrogen-bond acceptors (Lipinski definition) is 1. The molecule has 2 nitrogen and oxygen atoms in total. The Kier molecular flexibility index (Phi) is 1.25. The maximum atomic E-state index is 10.0. The van der Waals surface area contributed by atoms with Crippen LogP contribution in [0.15, 0.2) is 11.0 Å². The first kappa shape index (κ1) is 5.00. The molecule has 0 fully saturated rings. The van der Waals surface area contributed by atoms with Gasteiger partial charge in [-0.15, -0.1) is 0 Å². The summed E-state index contributed by atoms with van der Waals surface area (Å²) in [5, 5.41) is 0. The topological polar surface area (TPSA) is 37.3 Å². The van der Waals surface area contributed by atoms with Crippen LogP contribution in [-0.4, -0.2) is 8.76 Å². The Labute approximate surface area is 44.5 Å². The largest absolute Gasteiger partial charge is 0.302 e. The molecule has 1 atom stereocenters. The molecule has 3 heteroatoms. The van der Waals surface area contributed by atoms with Crippen molar-refractivity contribution in [3.05, 3.63) is 11.0 Å². The van der Waals surface area contributed by atoms with Gasteiger partial charge in [0.15, 0.2) is 11.1 Å². The van der Waals surface area contributed by atoms with Crippen LogP contribution in [0.1, 0.15) is 12.8 Å². The van der Waals surface area contributed by atoms with Gasteiger partial charge in [-0.3, -0.25) is 0 Å². The van der Waals surface area contributed by atoms with E-state index in [0.717, 1.165) is 12.8 Å². The highest BCUT2D eigenvalue weighted by atomic mass is 32.2. The van der Waals surface area contributed by atoms with Gasteiger partial charge >= 0.3 is 0 Å². The van der Waals surface area contributed by atoms with Gasteiger partial charge < -0.3 is 4.55 Å². The highest BCUT2D eigenvalue weighted by Gasteiger charge is 2.09. The smallest absolute Gasteiger partial charge is 0.181 e. The first-order valence-corrected chi connectivity index (χ1v) is 3.21. The Hall–Kier alpha value is -0.150. The van der Waals surface area contributed by atoms with Crippen LogP contribution in [0, 0.1) is 0 Å². The molecule has 0 aromatic carbocycles. The van der Waals surface area contributed by atoms with Crippen molar-refractivity contribution in [3.8, 4) is 0 Å². The van der Waals surface area contributed by atoms with Crippen LogP contribution in [0.4, 0.5) is 0 Å². The average molecular weight is 118 g/mol. The van der Waals surface area contributed by atoms with Gasteiger partial charge in [-0.25, -0.2) is 4.21 Å². The van der Waals surface area contributed by atoms with Crippen molar-refractivity contribution in [1.29, 1.82) is 0 Å². The Morgan fingerprint density at radius 1 is 1.86 bits per heavy atom. The molecular formula is C4H6O2S. The van der Waals surface area contributed by atoms with Crippen LogP contribution in [-0.2, 0) is 11.1 Å². The van der Waals surface area contributed by atoms with Crippen molar-refractivity contribution in [2.75, 3.05) is 0 Å². The molecule has 0 aromatic heterocycles. The van der Waals surface area contributed by atoms with Gasteiger partial charge in [-0.1, -0.05) is 6.08 Å². The molecule has 0 bridgehead atoms. The lowest BCUT2D eigenvalue weighted by Crippen LogP contribution is -1.99. The van der Waals surface area contributed by atoms with E-state index in [9.17, 15) is 4.21 Å². The van der Waals surface area contributed by atoms with E-state index in [-0.39, 0.29) is 0 Å². The highest BCUT2D eigenvalue weighted by molar-refractivity contribution is 7.83. The SMILES string of the molecule is O=S(O)C1=CCC1. The van der Waals surface area contributed by atoms with Gasteiger partial charge in [0.25, 0.3) is 0 Å². The van der Waals surface area contributed by atoms with Gasteiger partial charge in [-0.05, 0) is 12.8 Å². The first-order valence-electron chi connectivity index (χ1n) is 2.10. The van der Waals surface area contributed by atoms with Crippen molar-refractivity contribution in [2.45, 2.75) is 12.8 Å². The van der Waals surface area contributed by atoms with Crippen LogP contribution in [0.2, 0.25) is 0 Å². The summed E-state index contributed by atoms with van der Waals surface area (Å²) in [6.45, 7) is 0. The van der Waals surface area contributed by atoms with Crippen molar-refractivity contribution in [1.82, 2.24) is 0 Å². The molecule has 1 aliphatic rings. The second-order valence-corrected chi connectivity index (χ2v) is 2.48. The number of hydrogen-bond donors (Lipinski definition) is 1. The van der Waals surface area contributed by atoms with Crippen molar-refractivity contribution in [3.63, 3.8) is 0 Å². The normalized spacial score (nSPS) is 22.7. The van der Waals surface area contributed by atoms with Crippen molar-refractivity contribution < 1.29 is 8.76 Å². The molecule has 0 aliphatic heterocycles. The van der Waals surface area contributed by atoms with E-state index in [2.05, 4.69) is 0 Å². The molecule has 0 heterocycles. The van der Waals surface area contributed by atoms with E-state index in [1.807, 2.05) is 0 Å². The summed E-state index contributed by atoms with van der Waals surface area (Å²) >= 11 is -1.66. The fraction of sp³-hybridized carbons (Fsp3) is 0.500. The zero-order chi connectivity index (χ0) is 5.28. The maximum absolute atomic E-state index is 10.0. The molecule has 1 unspecified atom stereocenters. The lowest BCUT2D eigenvalue weighted by Gasteiger charge is -2.07. The van der Waals surface area contributed by atoms with Gasteiger partial charge in [0.2, 0.25) is 0 Å². The number of allylic oxidation sites excluding steroid dienone is 2. The van der Waals surface area contributed by atoms with Crippen LogP contribution in [0.3, 0.4) is 0 Å². The van der Waals surface area contributed by atoms with Crippen molar-refractivity contribution in [2.24, 2.45) is 0 Å². The summed E-state index contributed by atoms with van der Waals surface area (Å²) in [6, 6.07) is 0. The Bertz CT molecular complexity index is 128. The van der Waals surface area contributed by atoms with E-state index < -0.39 is 11.1 Å². The molecular weight excluding hydrogens is 112 g/mol. The van der Waals surface area contributed by atoms with Crippen LogP contribution < -0.4 is 0 Å². The predicted octanol–water partition coefficient (Wildman–Crippen LogP) is 0.886. The van der Waals surface area contributed by atoms with E-state index >= 15 is 0 Å². The highest BCUT2D eigenvalue weighted by Crippen LogP contribution is 2.19. The fourth-order valence-corrected chi connectivity index (χ4v) is 0.974. The first-order chi connectivity index (χ1) is 3.30. The minimum absolute atomic E-state index is 0.681. The van der Waals surface area contributed by atoms with Gasteiger partial charge in [-0.2, -0.15) is 0 Å². The van der Waals surface area contributed by atoms with Gasteiger partial charge in [0.05, 0.1) is 0 Å². The monoisotopic (exact) mass is 118 g/mol. The molecule has 1 aliphatic carbocycles. The number of rotatable bonds is 1. The standard InChI is InChI=1S/C4H6O2S/c5-7(6)4-2-1-3-4/h2H,1,3H2,(H,5,6). The summed E-state index contributed by atoms with van der Waals surface area (Å²) in [5.41, 5.74) is 0. The molecule has 0 saturated heterocycles. The Morgan fingerprint density at radius 3 is 2.43 bits per heavy atom. The maximum Gasteiger partial charge on any atom is 0.181 e. The lowest BCUT2D eigenvalue weighted by molar-refractivity contribution is 0.566. The summed E-state index contributed by atoms with van der Waals surface area (Å²) in [4.78, 5) is 0.681. The molecule has 1 rings (SSSR count). The second kappa shape index (κ2) is 1.76. The molecule has 0 aromatic rings. The van der Waals surface area contributed by atoms with Gasteiger partial charge in [0.1, 0.15) is 0 Å². The van der Waals surface area contributed by atoms with E-state index in [1.165, 1.54) is 0 Å². The van der Waals surface area contributed by atoms with Crippen LogP contribution >= 0.6 is 0 Å². The van der Waals surface area contributed by atoms with E-state index in [4.69, 9.17) is 4.55 Å². The quantitative estimate of drug-likeness (QED) is 0.519. The van der Waals surface area contributed by atoms with Crippen LogP contribution in [0.5, 0.6) is 0 Å². The van der Waals surface area contributed by atoms with Crippen LogP contribution in [0.25, 0.3) is 0 Å². The molecule has 0 saturated carbocycles. The van der Waals surface area contributed by atoms with E-state index in [0.29, 0.717) is 4.91 Å². The Balaban J connectivity index is 2.57. The fourth-order valence-electron chi connectivity index (χ4n) is 0.421. The van der Waals surface area contributed by atoms with Crippen molar-refractivity contribution >= 4 is 11.1 Å². The van der Waals surface area contributed by atoms with E-state index in [1.54, 1.807) is 6.08 Å². The summed E-state index contributed by atoms with van der Waals surface area (Å²) < 4.78 is 18.3. The predicted molar refractivity (Wildman–Crippen MR) is 28.1 cm³/mol. The Morgan fingerprint density at radius 2 is 2.43 bits per heavy atom. The molecule has 1 N–H and O–H groups in total. The molecule has 0 amide bonds. The zero-order valence-corrected chi connectivity index (χ0v) is 4.57. The molecule has 0 radical (unpaired) electrons. The molecule has 0 spiro atoms. The third kappa shape index (κ3) is 0.894. The second-order valence-electron chi connectivity index (χ2n) is 1.46. The lowest BCUT2D eigenvalue weighted by atomic mass is 10.1. The molecule has 7 heavy (non-hydrogen) atoms. The summed E-state index contributed by atoms with van der Waals surface area (Å²) in [6.07, 6.45) is 3.57. The minimum atomic E-state index is -1.66. The average Bonchev–Trinajstić information content (AvgIpc) is 1.23. The third-order valence-electron chi connectivity index (χ3n) is 0.987.